The number of aliphatic imine (C=N–C) groups is 1. The van der Waals surface area contributed by atoms with Crippen LogP contribution in [0.1, 0.15) is 5.56 Å². The lowest BCUT2D eigenvalue weighted by Gasteiger charge is -2.01. The third kappa shape index (κ3) is 10.7. The smallest absolute Gasteiger partial charge is 0.394 e. The second-order valence-electron chi connectivity index (χ2n) is 3.04. The number of hydrogen-bond acceptors (Lipinski definition) is 4. The summed E-state index contributed by atoms with van der Waals surface area (Å²) in [5.41, 5.74) is 11.4. The topological polar surface area (TPSA) is 148 Å². The fourth-order valence-electron chi connectivity index (χ4n) is 0.953. The van der Waals surface area contributed by atoms with Gasteiger partial charge >= 0.3 is 10.4 Å². The van der Waals surface area contributed by atoms with Crippen LogP contribution in [0.4, 0.5) is 0 Å². The number of hydrogen-bond donors (Lipinski definition) is 4. The van der Waals surface area contributed by atoms with Gasteiger partial charge in [0.2, 0.25) is 0 Å². The summed E-state index contributed by atoms with van der Waals surface area (Å²) >= 11 is 0. The molecule has 6 N–H and O–H groups in total. The van der Waals surface area contributed by atoms with E-state index in [4.69, 9.17) is 33.7 Å². The van der Waals surface area contributed by atoms with Crippen LogP contribution in [0.5, 0.6) is 5.75 Å². The number of nitrogens with two attached hydrogens (primary N) is 2. The van der Waals surface area contributed by atoms with Crippen molar-refractivity contribution in [2.75, 3.05) is 7.11 Å². The minimum absolute atomic E-state index is 0.0998. The second kappa shape index (κ2) is 7.48. The summed E-state index contributed by atoms with van der Waals surface area (Å²) < 4.78 is 36.6. The van der Waals surface area contributed by atoms with E-state index in [9.17, 15) is 0 Å². The van der Waals surface area contributed by atoms with Crippen molar-refractivity contribution in [2.45, 2.75) is 6.54 Å². The lowest BCUT2D eigenvalue weighted by atomic mass is 10.2. The molecule has 0 heterocycles. The summed E-state index contributed by atoms with van der Waals surface area (Å²) in [5, 5.41) is 0. The Hall–Kier alpha value is -1.84. The Morgan fingerprint density at radius 2 is 1.94 bits per heavy atom. The van der Waals surface area contributed by atoms with E-state index in [1.54, 1.807) is 7.11 Å². The van der Waals surface area contributed by atoms with Gasteiger partial charge < -0.3 is 16.2 Å². The molecular formula is C9H15N3O5S. The van der Waals surface area contributed by atoms with Crippen LogP contribution in [0, 0.1) is 0 Å². The maximum atomic E-state index is 8.74. The molecule has 1 aromatic rings. The van der Waals surface area contributed by atoms with Crippen molar-refractivity contribution in [2.24, 2.45) is 16.5 Å². The van der Waals surface area contributed by atoms with Gasteiger partial charge in [-0.15, -0.1) is 0 Å². The molecule has 0 saturated heterocycles. The largest absolute Gasteiger partial charge is 0.497 e. The Bertz CT molecular complexity index is 489. The van der Waals surface area contributed by atoms with Crippen LogP contribution in [0.3, 0.4) is 0 Å². The third-order valence-electron chi connectivity index (χ3n) is 1.58. The number of methoxy groups -OCH3 is 1. The van der Waals surface area contributed by atoms with Crippen LogP contribution in [0.2, 0.25) is 0 Å². The van der Waals surface area contributed by atoms with Gasteiger partial charge in [0.25, 0.3) is 0 Å². The van der Waals surface area contributed by atoms with Crippen molar-refractivity contribution >= 4 is 16.4 Å². The Balaban J connectivity index is 0.000000494. The summed E-state index contributed by atoms with van der Waals surface area (Å²) in [6.07, 6.45) is 0. The lowest BCUT2D eigenvalue weighted by molar-refractivity contribution is 0.381. The molecule has 102 valence electrons. The highest BCUT2D eigenvalue weighted by Crippen LogP contribution is 2.12. The van der Waals surface area contributed by atoms with Crippen LogP contribution in [-0.2, 0) is 16.9 Å². The predicted octanol–water partition coefficient (Wildman–Crippen LogP) is -0.184. The Labute approximate surface area is 105 Å². The molecule has 8 nitrogen and oxygen atoms in total. The zero-order valence-corrected chi connectivity index (χ0v) is 10.5. The van der Waals surface area contributed by atoms with E-state index in [0.29, 0.717) is 6.54 Å². The van der Waals surface area contributed by atoms with Gasteiger partial charge in [0.05, 0.1) is 13.7 Å². The molecule has 0 fully saturated rings. The van der Waals surface area contributed by atoms with E-state index >= 15 is 0 Å². The van der Waals surface area contributed by atoms with E-state index in [1.807, 2.05) is 24.3 Å². The van der Waals surface area contributed by atoms with Gasteiger partial charge in [-0.1, -0.05) is 12.1 Å². The van der Waals surface area contributed by atoms with E-state index in [-0.39, 0.29) is 5.96 Å². The van der Waals surface area contributed by atoms with Crippen molar-refractivity contribution in [1.82, 2.24) is 0 Å². The Morgan fingerprint density at radius 3 is 2.39 bits per heavy atom. The van der Waals surface area contributed by atoms with Crippen molar-refractivity contribution < 1.29 is 22.3 Å². The Kier molecular flexibility index (Phi) is 6.71. The maximum Gasteiger partial charge on any atom is 0.394 e. The standard InChI is InChI=1S/C9H13N3O.H2O4S/c1-13-8-4-2-3-7(5-8)6-12-9(10)11;1-5(2,3)4/h2-5H,6H2,1H3,(H4,10,11,12);(H2,1,2,3,4). The first kappa shape index (κ1) is 16.2. The predicted molar refractivity (Wildman–Crippen MR) is 66.7 cm³/mol. The number of ether oxygens (including phenoxy) is 1. The average molecular weight is 277 g/mol. The molecule has 0 aliphatic carbocycles. The number of benzene rings is 1. The van der Waals surface area contributed by atoms with Gasteiger partial charge in [0, 0.05) is 0 Å². The molecule has 18 heavy (non-hydrogen) atoms. The van der Waals surface area contributed by atoms with E-state index in [1.165, 1.54) is 0 Å². The molecular weight excluding hydrogens is 262 g/mol. The van der Waals surface area contributed by atoms with Crippen molar-refractivity contribution in [3.05, 3.63) is 29.8 Å². The quantitative estimate of drug-likeness (QED) is 0.340. The van der Waals surface area contributed by atoms with Crippen LogP contribution >= 0.6 is 0 Å². The number of nitrogens with zero attached hydrogens (tertiary/aromatic N) is 1. The molecule has 0 amide bonds. The minimum Gasteiger partial charge on any atom is -0.497 e. The molecule has 0 aliphatic rings. The number of rotatable bonds is 3. The average Bonchev–Trinajstić information content (AvgIpc) is 2.24. The fraction of sp³-hybridized carbons (Fsp3) is 0.222. The van der Waals surface area contributed by atoms with E-state index in [2.05, 4.69) is 4.99 Å². The fourth-order valence-corrected chi connectivity index (χ4v) is 0.953. The van der Waals surface area contributed by atoms with Gasteiger partial charge in [-0.2, -0.15) is 8.42 Å². The first-order valence-electron chi connectivity index (χ1n) is 4.60. The highest BCUT2D eigenvalue weighted by molar-refractivity contribution is 7.79. The highest BCUT2D eigenvalue weighted by atomic mass is 32.3. The molecule has 0 aliphatic heterocycles. The zero-order chi connectivity index (χ0) is 14.2. The maximum absolute atomic E-state index is 8.74. The van der Waals surface area contributed by atoms with Crippen LogP contribution in [0.25, 0.3) is 0 Å². The lowest BCUT2D eigenvalue weighted by Crippen LogP contribution is -2.22. The van der Waals surface area contributed by atoms with E-state index in [0.717, 1.165) is 11.3 Å². The molecule has 0 spiro atoms. The van der Waals surface area contributed by atoms with Crippen molar-refractivity contribution in [3.8, 4) is 5.75 Å². The van der Waals surface area contributed by atoms with Gasteiger partial charge in [0.15, 0.2) is 5.96 Å². The molecule has 0 atom stereocenters. The second-order valence-corrected chi connectivity index (χ2v) is 3.94. The van der Waals surface area contributed by atoms with Gasteiger partial charge in [-0.3, -0.25) is 9.11 Å². The molecule has 0 unspecified atom stereocenters. The SMILES string of the molecule is COc1cccc(CN=C(N)N)c1.O=S(=O)(O)O. The zero-order valence-electron chi connectivity index (χ0n) is 9.65. The summed E-state index contributed by atoms with van der Waals surface area (Å²) in [7, 11) is -3.04. The minimum atomic E-state index is -4.67. The number of guanidine groups is 1. The molecule has 1 aromatic carbocycles. The van der Waals surface area contributed by atoms with Gasteiger partial charge in [-0.25, -0.2) is 4.99 Å². The first-order valence-corrected chi connectivity index (χ1v) is 6.00. The van der Waals surface area contributed by atoms with E-state index < -0.39 is 10.4 Å². The molecule has 0 aromatic heterocycles. The molecule has 1 rings (SSSR count). The van der Waals surface area contributed by atoms with Crippen LogP contribution in [0.15, 0.2) is 29.3 Å². The summed E-state index contributed by atoms with van der Waals surface area (Å²) in [6, 6.07) is 7.61. The summed E-state index contributed by atoms with van der Waals surface area (Å²) in [5.74, 6) is 0.908. The molecule has 0 saturated carbocycles. The normalized spacial score (nSPS) is 9.94. The van der Waals surface area contributed by atoms with Crippen LogP contribution in [-0.4, -0.2) is 30.6 Å². The molecule has 0 radical (unpaired) electrons. The monoisotopic (exact) mass is 277 g/mol. The Morgan fingerprint density at radius 1 is 1.39 bits per heavy atom. The van der Waals surface area contributed by atoms with Gasteiger partial charge in [0.1, 0.15) is 5.75 Å². The van der Waals surface area contributed by atoms with Crippen molar-refractivity contribution in [1.29, 1.82) is 0 Å². The third-order valence-corrected chi connectivity index (χ3v) is 1.58. The molecule has 9 heteroatoms. The first-order chi connectivity index (χ1) is 8.22. The summed E-state index contributed by atoms with van der Waals surface area (Å²) in [4.78, 5) is 3.89. The van der Waals surface area contributed by atoms with Crippen molar-refractivity contribution in [3.63, 3.8) is 0 Å². The van der Waals surface area contributed by atoms with Gasteiger partial charge in [-0.05, 0) is 17.7 Å². The highest BCUT2D eigenvalue weighted by Gasteiger charge is 1.93. The van der Waals surface area contributed by atoms with Crippen LogP contribution < -0.4 is 16.2 Å². The summed E-state index contributed by atoms with van der Waals surface area (Å²) in [6.45, 7) is 0.486. The molecule has 0 bridgehead atoms.